The normalized spacial score (nSPS) is 12.0. The van der Waals surface area contributed by atoms with Gasteiger partial charge in [-0.15, -0.1) is 0 Å². The first-order chi connectivity index (χ1) is 12.0. The summed E-state index contributed by atoms with van der Waals surface area (Å²) in [6.07, 6.45) is 1.20. The second kappa shape index (κ2) is 9.18. The van der Waals surface area contributed by atoms with Crippen molar-refractivity contribution in [3.05, 3.63) is 59.9 Å². The number of benzene rings is 1. The molecule has 1 unspecified atom stereocenters. The molecule has 2 aromatic rings. The Bertz CT molecular complexity index is 656. The number of hydrogen-bond acceptors (Lipinski definition) is 4. The maximum Gasteiger partial charge on any atom is 0.263 e. The van der Waals surface area contributed by atoms with Gasteiger partial charge < -0.3 is 14.5 Å². The van der Waals surface area contributed by atoms with Gasteiger partial charge in [0, 0.05) is 19.3 Å². The minimum atomic E-state index is -0.548. The first kappa shape index (κ1) is 18.9. The molecule has 0 N–H and O–H groups in total. The van der Waals surface area contributed by atoms with E-state index in [4.69, 9.17) is 4.74 Å². The van der Waals surface area contributed by atoms with Crippen LogP contribution >= 0.6 is 0 Å². The second-order valence-corrected chi connectivity index (χ2v) is 6.46. The number of nitrogens with zero attached hydrogens (tertiary/aromatic N) is 3. The summed E-state index contributed by atoms with van der Waals surface area (Å²) in [5.74, 6) is 0.671. The topological polar surface area (TPSA) is 45.7 Å². The first-order valence-corrected chi connectivity index (χ1v) is 8.52. The monoisotopic (exact) mass is 341 g/mol. The quantitative estimate of drug-likeness (QED) is 0.741. The molecule has 0 saturated heterocycles. The number of carbonyl (C=O) groups is 1. The van der Waals surface area contributed by atoms with Crippen LogP contribution < -0.4 is 4.74 Å². The molecule has 134 valence electrons. The van der Waals surface area contributed by atoms with Crippen molar-refractivity contribution in [1.29, 1.82) is 0 Å². The fourth-order valence-corrected chi connectivity index (χ4v) is 2.40. The third-order valence-corrected chi connectivity index (χ3v) is 3.89. The Labute approximate surface area is 150 Å². The smallest absolute Gasteiger partial charge is 0.263 e. The zero-order valence-corrected chi connectivity index (χ0v) is 15.5. The lowest BCUT2D eigenvalue weighted by Gasteiger charge is -2.27. The molecule has 0 aliphatic heterocycles. The molecule has 1 aromatic carbocycles. The van der Waals surface area contributed by atoms with Crippen molar-refractivity contribution in [3.63, 3.8) is 0 Å². The summed E-state index contributed by atoms with van der Waals surface area (Å²) in [4.78, 5) is 21.1. The van der Waals surface area contributed by atoms with Crippen molar-refractivity contribution in [3.8, 4) is 5.75 Å². The number of hydrogen-bond donors (Lipinski definition) is 0. The zero-order valence-electron chi connectivity index (χ0n) is 15.5. The summed E-state index contributed by atoms with van der Waals surface area (Å²) < 4.78 is 5.83. The molecular weight excluding hydrogens is 314 g/mol. The van der Waals surface area contributed by atoms with E-state index in [0.29, 0.717) is 18.8 Å². The van der Waals surface area contributed by atoms with Crippen LogP contribution in [0, 0.1) is 6.92 Å². The molecule has 0 saturated carbocycles. The van der Waals surface area contributed by atoms with Crippen molar-refractivity contribution in [2.45, 2.75) is 26.5 Å². The Morgan fingerprint density at radius 2 is 1.84 bits per heavy atom. The molecule has 1 heterocycles. The SMILES string of the molecule is Cc1ccc(OC(C)C(=O)N(CCN(C)C)Cc2ccccn2)cc1. The van der Waals surface area contributed by atoms with E-state index in [1.54, 1.807) is 18.0 Å². The summed E-state index contributed by atoms with van der Waals surface area (Å²) in [5, 5.41) is 0. The van der Waals surface area contributed by atoms with Crippen molar-refractivity contribution in [2.24, 2.45) is 0 Å². The number of pyridine rings is 1. The van der Waals surface area contributed by atoms with Crippen LogP contribution in [0.25, 0.3) is 0 Å². The van der Waals surface area contributed by atoms with Crippen LogP contribution in [-0.2, 0) is 11.3 Å². The summed E-state index contributed by atoms with van der Waals surface area (Å²) in [6, 6.07) is 13.5. The standard InChI is InChI=1S/C20H27N3O2/c1-16-8-10-19(11-9-16)25-17(2)20(24)23(14-13-22(3)4)15-18-7-5-6-12-21-18/h5-12,17H,13-15H2,1-4H3. The minimum absolute atomic E-state index is 0.0342. The van der Waals surface area contributed by atoms with Crippen LogP contribution in [-0.4, -0.2) is 54.0 Å². The highest BCUT2D eigenvalue weighted by Crippen LogP contribution is 2.15. The molecule has 25 heavy (non-hydrogen) atoms. The number of carbonyl (C=O) groups excluding carboxylic acids is 1. The lowest BCUT2D eigenvalue weighted by Crippen LogP contribution is -2.43. The van der Waals surface area contributed by atoms with E-state index >= 15 is 0 Å². The van der Waals surface area contributed by atoms with Gasteiger partial charge in [0.15, 0.2) is 6.10 Å². The van der Waals surface area contributed by atoms with E-state index in [9.17, 15) is 4.79 Å². The van der Waals surface area contributed by atoms with Gasteiger partial charge in [-0.1, -0.05) is 23.8 Å². The largest absolute Gasteiger partial charge is 0.481 e. The Balaban J connectivity index is 2.05. The highest BCUT2D eigenvalue weighted by atomic mass is 16.5. The van der Waals surface area contributed by atoms with Crippen LogP contribution in [0.2, 0.25) is 0 Å². The van der Waals surface area contributed by atoms with E-state index in [-0.39, 0.29) is 5.91 Å². The number of ether oxygens (including phenoxy) is 1. The Hall–Kier alpha value is -2.40. The highest BCUT2D eigenvalue weighted by Gasteiger charge is 2.22. The molecular formula is C20H27N3O2. The van der Waals surface area contributed by atoms with Gasteiger partial charge in [0.05, 0.1) is 12.2 Å². The number of rotatable bonds is 8. The van der Waals surface area contributed by atoms with E-state index in [2.05, 4.69) is 9.88 Å². The molecule has 2 rings (SSSR count). The Morgan fingerprint density at radius 3 is 2.44 bits per heavy atom. The van der Waals surface area contributed by atoms with E-state index in [0.717, 1.165) is 17.8 Å². The molecule has 0 spiro atoms. The number of aryl methyl sites for hydroxylation is 1. The van der Waals surface area contributed by atoms with Gasteiger partial charge in [-0.05, 0) is 52.2 Å². The van der Waals surface area contributed by atoms with Crippen molar-refractivity contribution < 1.29 is 9.53 Å². The minimum Gasteiger partial charge on any atom is -0.481 e. The molecule has 5 heteroatoms. The third kappa shape index (κ3) is 6.19. The maximum absolute atomic E-state index is 12.9. The van der Waals surface area contributed by atoms with Gasteiger partial charge in [-0.3, -0.25) is 9.78 Å². The van der Waals surface area contributed by atoms with Gasteiger partial charge in [-0.25, -0.2) is 0 Å². The highest BCUT2D eigenvalue weighted by molar-refractivity contribution is 5.80. The Morgan fingerprint density at radius 1 is 1.12 bits per heavy atom. The Kier molecular flexibility index (Phi) is 6.95. The van der Waals surface area contributed by atoms with Gasteiger partial charge >= 0.3 is 0 Å². The van der Waals surface area contributed by atoms with E-state index < -0.39 is 6.10 Å². The predicted molar refractivity (Wildman–Crippen MR) is 99.5 cm³/mol. The average molecular weight is 341 g/mol. The first-order valence-electron chi connectivity index (χ1n) is 8.52. The van der Waals surface area contributed by atoms with Crippen LogP contribution in [0.3, 0.4) is 0 Å². The van der Waals surface area contributed by atoms with Crippen molar-refractivity contribution in [2.75, 3.05) is 27.2 Å². The maximum atomic E-state index is 12.9. The molecule has 0 fully saturated rings. The summed E-state index contributed by atoms with van der Waals surface area (Å²) in [7, 11) is 3.99. The van der Waals surface area contributed by atoms with Crippen LogP contribution in [0.1, 0.15) is 18.2 Å². The van der Waals surface area contributed by atoms with Crippen LogP contribution in [0.4, 0.5) is 0 Å². The second-order valence-electron chi connectivity index (χ2n) is 6.46. The van der Waals surface area contributed by atoms with Crippen LogP contribution in [0.5, 0.6) is 5.75 Å². The van der Waals surface area contributed by atoms with Gasteiger partial charge in [-0.2, -0.15) is 0 Å². The summed E-state index contributed by atoms with van der Waals surface area (Å²) >= 11 is 0. The molecule has 1 amide bonds. The molecule has 1 aromatic heterocycles. The van der Waals surface area contributed by atoms with Gasteiger partial charge in [0.2, 0.25) is 0 Å². The molecule has 5 nitrogen and oxygen atoms in total. The summed E-state index contributed by atoms with van der Waals surface area (Å²) in [6.45, 7) is 5.71. The van der Waals surface area contributed by atoms with Crippen molar-refractivity contribution >= 4 is 5.91 Å². The zero-order chi connectivity index (χ0) is 18.2. The van der Waals surface area contributed by atoms with Gasteiger partial charge in [0.25, 0.3) is 5.91 Å². The van der Waals surface area contributed by atoms with E-state index in [1.807, 2.05) is 63.5 Å². The van der Waals surface area contributed by atoms with Crippen molar-refractivity contribution in [1.82, 2.24) is 14.8 Å². The number of aromatic nitrogens is 1. The lowest BCUT2D eigenvalue weighted by molar-refractivity contribution is -0.138. The third-order valence-electron chi connectivity index (χ3n) is 3.89. The van der Waals surface area contributed by atoms with Gasteiger partial charge in [0.1, 0.15) is 5.75 Å². The lowest BCUT2D eigenvalue weighted by atomic mass is 10.2. The van der Waals surface area contributed by atoms with E-state index in [1.165, 1.54) is 0 Å². The fourth-order valence-electron chi connectivity index (χ4n) is 2.40. The molecule has 0 aliphatic carbocycles. The average Bonchev–Trinajstić information content (AvgIpc) is 2.60. The molecule has 0 bridgehead atoms. The molecule has 1 atom stereocenters. The number of likely N-dealkylation sites (N-methyl/N-ethyl adjacent to an activating group) is 1. The molecule has 0 aliphatic rings. The summed E-state index contributed by atoms with van der Waals surface area (Å²) in [5.41, 5.74) is 2.03. The number of amides is 1. The van der Waals surface area contributed by atoms with Crippen LogP contribution in [0.15, 0.2) is 48.7 Å². The predicted octanol–water partition coefficient (Wildman–Crippen LogP) is 2.75. The fraction of sp³-hybridized carbons (Fsp3) is 0.400. The molecule has 0 radical (unpaired) electrons.